The third kappa shape index (κ3) is 5880. The van der Waals surface area contributed by atoms with Crippen molar-refractivity contribution < 1.29 is 29.3 Å². The van der Waals surface area contributed by atoms with E-state index in [0.29, 0.717) is 0 Å². The van der Waals surface area contributed by atoms with E-state index in [9.17, 15) is 0 Å². The van der Waals surface area contributed by atoms with Crippen LogP contribution in [0, 0.1) is 0 Å². The summed E-state index contributed by atoms with van der Waals surface area (Å²) in [6, 6.07) is 0. The van der Waals surface area contributed by atoms with E-state index in [4.69, 9.17) is 24.6 Å². The molecule has 6 nitrogen and oxygen atoms in total. The minimum Gasteiger partial charge on any atom is -0.481 e. The van der Waals surface area contributed by atoms with Crippen LogP contribution in [0.4, 0.5) is 4.79 Å². The van der Waals surface area contributed by atoms with Gasteiger partial charge in [0.05, 0.1) is 7.11 Å². The number of ether oxygens (including phenoxy) is 1. The minimum absolute atomic E-state index is 0. The molecule has 126 valence electrons. The summed E-state index contributed by atoms with van der Waals surface area (Å²) in [6.45, 7) is 3.08. The molecule has 0 amide bonds. The molecule has 0 fully saturated rings. The molecule has 0 saturated carbocycles. The topological polar surface area (TPSA) is 101 Å². The van der Waals surface area contributed by atoms with Gasteiger partial charge >= 0.3 is 6.16 Å². The van der Waals surface area contributed by atoms with E-state index in [0.717, 1.165) is 14.0 Å². The molecule has 8 heteroatoms. The lowest BCUT2D eigenvalue weighted by molar-refractivity contribution is -0.134. The van der Waals surface area contributed by atoms with Crippen molar-refractivity contribution in [3.8, 4) is 0 Å². The second-order valence-electron chi connectivity index (χ2n) is 0.989. The average Bonchev–Trinajstić information content (AvgIpc) is 2.10. The molecule has 0 bridgehead atoms. The van der Waals surface area contributed by atoms with E-state index in [-0.39, 0.29) is 49.5 Å². The number of hydrogen-bond acceptors (Lipinski definition) is 5. The van der Waals surface area contributed by atoms with E-state index in [2.05, 4.69) is 22.8 Å². The third-order valence-electron chi connectivity index (χ3n) is 0.175. The highest BCUT2D eigenvalue weighted by molar-refractivity contribution is 7.77. The highest BCUT2D eigenvalue weighted by Gasteiger charge is 1.80. The Morgan fingerprint density at radius 2 is 1.00 bits per heavy atom. The number of thiocarbonyl (C=S) groups is 1. The Morgan fingerprint density at radius 1 is 0.947 bits per heavy atom. The van der Waals surface area contributed by atoms with E-state index in [1.165, 1.54) is 0 Å². The molecule has 0 aromatic rings. The number of methoxy groups -OCH3 is 1. The van der Waals surface area contributed by atoms with Gasteiger partial charge in [0.1, 0.15) is 6.79 Å². The summed E-state index contributed by atoms with van der Waals surface area (Å²) in [7, 11) is 1.10. The van der Waals surface area contributed by atoms with Crippen LogP contribution in [0.3, 0.4) is 0 Å². The van der Waals surface area contributed by atoms with Crippen LogP contribution in [0.2, 0.25) is 0 Å². The summed E-state index contributed by atoms with van der Waals surface area (Å²) in [5, 5.41) is 14.9. The predicted molar refractivity (Wildman–Crippen MR) is 91.1 cm³/mol. The van der Waals surface area contributed by atoms with E-state index in [1.54, 1.807) is 0 Å². The first kappa shape index (κ1) is 82.6. The summed E-state index contributed by atoms with van der Waals surface area (Å²) in [5.41, 5.74) is 0. The molecule has 0 saturated heterocycles. The third-order valence-corrected chi connectivity index (χ3v) is 0.175. The van der Waals surface area contributed by atoms with Gasteiger partial charge in [-0.2, -0.15) is 0 Å². The molecule has 2 N–H and O–H groups in total. The monoisotopic (exact) mass is 328 g/mol. The molecular weight excluding hydrogens is 296 g/mol. The molecule has 0 aromatic carbocycles. The van der Waals surface area contributed by atoms with Crippen LogP contribution in [0.15, 0.2) is 0 Å². The summed E-state index contributed by atoms with van der Waals surface area (Å²) in [5.74, 6) is 2.00. The maximum Gasteiger partial charge on any atom is 0.505 e. The van der Waals surface area contributed by atoms with Crippen molar-refractivity contribution in [2.75, 3.05) is 7.11 Å². The molecule has 0 atom stereocenters. The van der Waals surface area contributed by atoms with Crippen molar-refractivity contribution >= 4 is 49.4 Å². The Labute approximate surface area is 130 Å². The van der Waals surface area contributed by atoms with Gasteiger partial charge in [0, 0.05) is 6.92 Å². The summed E-state index contributed by atoms with van der Waals surface area (Å²) < 4.78 is 3.67. The Kier molecular flexibility index (Phi) is 543. The average molecular weight is 329 g/mol. The Morgan fingerprint density at radius 3 is 1.00 bits per heavy atom. The van der Waals surface area contributed by atoms with Crippen molar-refractivity contribution in [3.63, 3.8) is 0 Å². The quantitative estimate of drug-likeness (QED) is 0.500. The number of rotatable bonds is 0. The molecule has 0 unspecified atom stereocenters. The first-order chi connectivity index (χ1) is 6.00. The molecule has 19 heavy (non-hydrogen) atoms. The molecule has 0 aromatic heterocycles. The second-order valence-corrected chi connectivity index (χ2v) is 0.989. The zero-order chi connectivity index (χ0) is 11.9. The standard InChI is InChI=1S/C2H4O3.C2H4O2.CH2O.CH2S.5CH4.ClH/c1-5-2(3)4;1-2(3)4;2*1-2;;;;;;/h1H3,(H,3,4);1H3,(H,3,4);2*1H2;5*1H4;1H. The van der Waals surface area contributed by atoms with Gasteiger partial charge in [0.25, 0.3) is 5.97 Å². The number of halogens is 1. The fourth-order valence-electron chi connectivity index (χ4n) is 0. The number of carboxylic acid groups (broad SMARTS) is 2. The van der Waals surface area contributed by atoms with Crippen LogP contribution in [-0.2, 0) is 14.3 Å². The lowest BCUT2D eigenvalue weighted by atomic mass is 10.9. The number of carbonyl (C=O) groups excluding carboxylic acids is 1. The lowest BCUT2D eigenvalue weighted by Gasteiger charge is -1.79. The molecule has 0 heterocycles. The number of aliphatic carboxylic acids is 1. The van der Waals surface area contributed by atoms with Gasteiger partial charge in [-0.25, -0.2) is 4.79 Å². The lowest BCUT2D eigenvalue weighted by Crippen LogP contribution is -1.91. The van der Waals surface area contributed by atoms with Crippen LogP contribution < -0.4 is 0 Å². The zero-order valence-corrected chi connectivity index (χ0v) is 9.39. The van der Waals surface area contributed by atoms with Crippen LogP contribution in [0.25, 0.3) is 0 Å². The Hall–Kier alpha value is -1.21. The van der Waals surface area contributed by atoms with Gasteiger partial charge in [-0.05, 0) is 5.87 Å². The fourth-order valence-corrected chi connectivity index (χ4v) is 0. The first-order valence-corrected chi connectivity index (χ1v) is 3.12. The van der Waals surface area contributed by atoms with E-state index in [1.807, 2.05) is 6.79 Å². The van der Waals surface area contributed by atoms with Gasteiger partial charge < -0.3 is 19.7 Å². The highest BCUT2D eigenvalue weighted by atomic mass is 35.5. The molecule has 0 aliphatic rings. The van der Waals surface area contributed by atoms with Gasteiger partial charge in [-0.3, -0.25) is 4.79 Å². The minimum atomic E-state index is -1.25. The van der Waals surface area contributed by atoms with Crippen LogP contribution >= 0.6 is 24.6 Å². The fraction of sp³-hybridized carbons (Fsp3) is 0.636. The number of hydrogen-bond donors (Lipinski definition) is 2. The van der Waals surface area contributed by atoms with Gasteiger partial charge in [-0.15, -0.1) is 12.4 Å². The predicted octanol–water partition coefficient (Wildman–Crippen LogP) is 4.44. The van der Waals surface area contributed by atoms with Gasteiger partial charge in [0.2, 0.25) is 0 Å². The maximum absolute atomic E-state index is 9.15. The van der Waals surface area contributed by atoms with E-state index < -0.39 is 12.1 Å². The summed E-state index contributed by atoms with van der Waals surface area (Å²) in [6.07, 6.45) is -1.25. The smallest absolute Gasteiger partial charge is 0.481 e. The van der Waals surface area contributed by atoms with Gasteiger partial charge in [0.15, 0.2) is 0 Å². The van der Waals surface area contributed by atoms with Gasteiger partial charge in [-0.1, -0.05) is 49.4 Å². The molecule has 0 radical (unpaired) electrons. The Bertz CT molecular complexity index is 130. The molecule has 0 spiro atoms. The van der Waals surface area contributed by atoms with Crippen molar-refractivity contribution in [1.29, 1.82) is 0 Å². The second kappa shape index (κ2) is 125. The van der Waals surface area contributed by atoms with Crippen molar-refractivity contribution in [2.24, 2.45) is 0 Å². The van der Waals surface area contributed by atoms with Crippen LogP contribution in [0.1, 0.15) is 44.1 Å². The van der Waals surface area contributed by atoms with Crippen molar-refractivity contribution in [3.05, 3.63) is 0 Å². The summed E-state index contributed by atoms with van der Waals surface area (Å²) in [4.78, 5) is 26.1. The molecule has 0 aliphatic carbocycles. The van der Waals surface area contributed by atoms with Crippen LogP contribution in [-0.4, -0.2) is 42.1 Å². The summed E-state index contributed by atoms with van der Waals surface area (Å²) >= 11 is 3.83. The maximum atomic E-state index is 9.15. The SMILES string of the molecule is C.C.C.C.C.C=O.C=S.CC(=O)O.COC(=O)O.Cl. The number of carbonyl (C=O) groups is 3. The van der Waals surface area contributed by atoms with Crippen molar-refractivity contribution in [2.45, 2.75) is 44.1 Å². The first-order valence-electron chi connectivity index (χ1n) is 2.55. The largest absolute Gasteiger partial charge is 0.505 e. The Balaban J connectivity index is -0.00000000679. The van der Waals surface area contributed by atoms with E-state index >= 15 is 0 Å². The number of carboxylic acids is 1. The molecular formula is C11H33ClO6S. The van der Waals surface area contributed by atoms with Crippen molar-refractivity contribution in [1.82, 2.24) is 0 Å². The highest BCUT2D eigenvalue weighted by Crippen LogP contribution is 1.60. The van der Waals surface area contributed by atoms with Crippen LogP contribution in [0.5, 0.6) is 0 Å². The normalized spacial score (nSPS) is 3.47. The molecule has 0 rings (SSSR count). The molecule has 0 aliphatic heterocycles. The zero-order valence-electron chi connectivity index (χ0n) is 7.76.